The number of hydrogen-bond acceptors (Lipinski definition) is 5. The largest absolute Gasteiger partial charge is 0.395 e. The van der Waals surface area contributed by atoms with Crippen molar-refractivity contribution in [3.63, 3.8) is 0 Å². The monoisotopic (exact) mass is 241 g/mol. The number of amides is 1. The van der Waals surface area contributed by atoms with Crippen LogP contribution in [0.25, 0.3) is 0 Å². The molecule has 96 valence electrons. The first-order chi connectivity index (χ1) is 8.17. The zero-order valence-electron chi connectivity index (χ0n) is 10.3. The Balaban J connectivity index is 2.41. The predicted molar refractivity (Wildman–Crippen MR) is 61.3 cm³/mol. The molecule has 0 aromatic carbocycles. The van der Waals surface area contributed by atoms with Gasteiger partial charge in [0, 0.05) is 25.9 Å². The van der Waals surface area contributed by atoms with Crippen molar-refractivity contribution in [1.82, 2.24) is 15.0 Å². The molecule has 0 atom stereocenters. The third-order valence-electron chi connectivity index (χ3n) is 2.34. The fourth-order valence-electron chi connectivity index (χ4n) is 1.57. The van der Waals surface area contributed by atoms with E-state index in [1.165, 1.54) is 0 Å². The van der Waals surface area contributed by atoms with Gasteiger partial charge in [-0.2, -0.15) is 4.98 Å². The van der Waals surface area contributed by atoms with Crippen LogP contribution in [0, 0.1) is 6.92 Å². The van der Waals surface area contributed by atoms with Crippen molar-refractivity contribution in [2.75, 3.05) is 19.7 Å². The van der Waals surface area contributed by atoms with Crippen molar-refractivity contribution in [1.29, 1.82) is 0 Å². The molecular weight excluding hydrogens is 222 g/mol. The molecule has 0 fully saturated rings. The number of aryl methyl sites for hydroxylation is 2. The van der Waals surface area contributed by atoms with E-state index in [4.69, 9.17) is 9.63 Å². The zero-order valence-corrected chi connectivity index (χ0v) is 10.3. The first-order valence-electron chi connectivity index (χ1n) is 5.85. The molecule has 0 radical (unpaired) electrons. The smallest absolute Gasteiger partial charge is 0.227 e. The van der Waals surface area contributed by atoms with E-state index in [2.05, 4.69) is 10.1 Å². The minimum absolute atomic E-state index is 0.00853. The van der Waals surface area contributed by atoms with E-state index in [1.54, 1.807) is 11.8 Å². The molecule has 6 nitrogen and oxygen atoms in total. The average molecular weight is 241 g/mol. The van der Waals surface area contributed by atoms with Crippen LogP contribution in [-0.2, 0) is 11.2 Å². The average Bonchev–Trinajstić information content (AvgIpc) is 2.72. The van der Waals surface area contributed by atoms with Crippen LogP contribution < -0.4 is 0 Å². The van der Waals surface area contributed by atoms with E-state index < -0.39 is 0 Å². The third-order valence-corrected chi connectivity index (χ3v) is 2.34. The number of aliphatic hydroxyl groups is 1. The third kappa shape index (κ3) is 4.52. The van der Waals surface area contributed by atoms with Crippen LogP contribution in [-0.4, -0.2) is 45.8 Å². The van der Waals surface area contributed by atoms with Gasteiger partial charge in [-0.25, -0.2) is 0 Å². The van der Waals surface area contributed by atoms with Crippen LogP contribution in [0.3, 0.4) is 0 Å². The molecule has 17 heavy (non-hydrogen) atoms. The lowest BCUT2D eigenvalue weighted by molar-refractivity contribution is -0.131. The summed E-state index contributed by atoms with van der Waals surface area (Å²) in [6, 6.07) is 0. The predicted octanol–water partition coefficient (Wildman–Crippen LogP) is 0.542. The van der Waals surface area contributed by atoms with Gasteiger partial charge in [0.15, 0.2) is 5.82 Å². The van der Waals surface area contributed by atoms with E-state index in [0.29, 0.717) is 37.6 Å². The van der Waals surface area contributed by atoms with Gasteiger partial charge < -0.3 is 14.5 Å². The summed E-state index contributed by atoms with van der Waals surface area (Å²) in [7, 11) is 0. The molecule has 1 rings (SSSR count). The maximum Gasteiger partial charge on any atom is 0.227 e. The molecule has 6 heteroatoms. The van der Waals surface area contributed by atoms with Gasteiger partial charge in [-0.15, -0.1) is 0 Å². The molecule has 0 unspecified atom stereocenters. The van der Waals surface area contributed by atoms with E-state index >= 15 is 0 Å². The number of carbonyl (C=O) groups is 1. The Morgan fingerprint density at radius 3 is 2.76 bits per heavy atom. The van der Waals surface area contributed by atoms with Gasteiger partial charge in [-0.3, -0.25) is 4.79 Å². The van der Waals surface area contributed by atoms with Crippen molar-refractivity contribution in [2.45, 2.75) is 33.1 Å². The first-order valence-corrected chi connectivity index (χ1v) is 5.85. The summed E-state index contributed by atoms with van der Waals surface area (Å²) in [5, 5.41) is 12.5. The lowest BCUT2D eigenvalue weighted by Gasteiger charge is -2.20. The van der Waals surface area contributed by atoms with Crippen LogP contribution in [0.2, 0.25) is 0 Å². The highest BCUT2D eigenvalue weighted by molar-refractivity contribution is 5.76. The van der Waals surface area contributed by atoms with Gasteiger partial charge in [-0.05, 0) is 13.3 Å². The lowest BCUT2D eigenvalue weighted by Crippen LogP contribution is -2.34. The van der Waals surface area contributed by atoms with Crippen molar-refractivity contribution in [2.24, 2.45) is 0 Å². The van der Waals surface area contributed by atoms with Crippen LogP contribution in [0.15, 0.2) is 4.52 Å². The zero-order chi connectivity index (χ0) is 12.7. The SMILES string of the molecule is CCCN(CCO)C(=O)CCc1nc(C)no1. The molecule has 0 saturated carbocycles. The lowest BCUT2D eigenvalue weighted by atomic mass is 10.2. The maximum atomic E-state index is 11.8. The summed E-state index contributed by atoms with van der Waals surface area (Å²) in [4.78, 5) is 17.5. The van der Waals surface area contributed by atoms with Gasteiger partial charge in [0.25, 0.3) is 0 Å². The molecule has 1 N–H and O–H groups in total. The van der Waals surface area contributed by atoms with Crippen LogP contribution >= 0.6 is 0 Å². The number of rotatable bonds is 7. The Hall–Kier alpha value is -1.43. The molecule has 1 aromatic heterocycles. The highest BCUT2D eigenvalue weighted by Gasteiger charge is 2.13. The molecule has 0 spiro atoms. The number of nitrogens with zero attached hydrogens (tertiary/aromatic N) is 3. The quantitative estimate of drug-likeness (QED) is 0.753. The fraction of sp³-hybridized carbons (Fsp3) is 0.727. The molecule has 1 heterocycles. The van der Waals surface area contributed by atoms with Gasteiger partial charge in [0.1, 0.15) is 0 Å². The van der Waals surface area contributed by atoms with Crippen LogP contribution in [0.1, 0.15) is 31.5 Å². The van der Waals surface area contributed by atoms with E-state index in [0.717, 1.165) is 6.42 Å². The molecule has 1 aromatic rings. The fourth-order valence-corrected chi connectivity index (χ4v) is 1.57. The first kappa shape index (κ1) is 13.6. The van der Waals surface area contributed by atoms with E-state index in [-0.39, 0.29) is 12.5 Å². The van der Waals surface area contributed by atoms with Gasteiger partial charge in [0.05, 0.1) is 6.61 Å². The Labute approximate surface area is 101 Å². The second kappa shape index (κ2) is 7.01. The van der Waals surface area contributed by atoms with Crippen LogP contribution in [0.5, 0.6) is 0 Å². The second-order valence-electron chi connectivity index (χ2n) is 3.84. The normalized spacial score (nSPS) is 10.5. The summed E-state index contributed by atoms with van der Waals surface area (Å²) in [5.41, 5.74) is 0. The molecular formula is C11H19N3O3. The number of hydrogen-bond donors (Lipinski definition) is 1. The Morgan fingerprint density at radius 2 is 2.24 bits per heavy atom. The maximum absolute atomic E-state index is 11.8. The van der Waals surface area contributed by atoms with E-state index in [1.807, 2.05) is 6.92 Å². The summed E-state index contributed by atoms with van der Waals surface area (Å²) in [6.07, 6.45) is 1.67. The van der Waals surface area contributed by atoms with Crippen molar-refractivity contribution in [3.8, 4) is 0 Å². The molecule has 1 amide bonds. The number of aliphatic hydroxyl groups excluding tert-OH is 1. The molecule has 0 aliphatic rings. The summed E-state index contributed by atoms with van der Waals surface area (Å²) < 4.78 is 4.93. The Kier molecular flexibility index (Phi) is 5.62. The molecule has 0 aliphatic heterocycles. The highest BCUT2D eigenvalue weighted by atomic mass is 16.5. The van der Waals surface area contributed by atoms with Gasteiger partial charge in [0.2, 0.25) is 11.8 Å². The number of aromatic nitrogens is 2. The Bertz CT molecular complexity index is 345. The minimum Gasteiger partial charge on any atom is -0.395 e. The summed E-state index contributed by atoms with van der Waals surface area (Å²) in [5.74, 6) is 1.07. The summed E-state index contributed by atoms with van der Waals surface area (Å²) in [6.45, 7) is 4.78. The molecule has 0 saturated heterocycles. The molecule has 0 bridgehead atoms. The van der Waals surface area contributed by atoms with E-state index in [9.17, 15) is 4.79 Å². The highest BCUT2D eigenvalue weighted by Crippen LogP contribution is 2.03. The number of carbonyl (C=O) groups excluding carboxylic acids is 1. The minimum atomic E-state index is -0.00853. The van der Waals surface area contributed by atoms with Gasteiger partial charge >= 0.3 is 0 Å². The Morgan fingerprint density at radius 1 is 1.47 bits per heavy atom. The van der Waals surface area contributed by atoms with Crippen LogP contribution in [0.4, 0.5) is 0 Å². The van der Waals surface area contributed by atoms with Crippen molar-refractivity contribution < 1.29 is 14.4 Å². The van der Waals surface area contributed by atoms with Gasteiger partial charge in [-0.1, -0.05) is 12.1 Å². The summed E-state index contributed by atoms with van der Waals surface area (Å²) >= 11 is 0. The molecule has 0 aliphatic carbocycles. The topological polar surface area (TPSA) is 79.5 Å². The van der Waals surface area contributed by atoms with Crippen molar-refractivity contribution >= 4 is 5.91 Å². The second-order valence-corrected chi connectivity index (χ2v) is 3.84. The van der Waals surface area contributed by atoms with Crippen molar-refractivity contribution in [3.05, 3.63) is 11.7 Å². The standard InChI is InChI=1S/C11H19N3O3/c1-3-6-14(7-8-15)11(16)5-4-10-12-9(2)13-17-10/h15H,3-8H2,1-2H3.